The number of benzene rings is 1. The lowest BCUT2D eigenvalue weighted by Crippen LogP contribution is -2.48. The second kappa shape index (κ2) is 5.93. The Labute approximate surface area is 127 Å². The Morgan fingerprint density at radius 3 is 2.82 bits per heavy atom. The molecule has 1 aliphatic heterocycles. The van der Waals surface area contributed by atoms with Crippen LogP contribution in [0.25, 0.3) is 0 Å². The van der Waals surface area contributed by atoms with E-state index < -0.39 is 12.0 Å². The van der Waals surface area contributed by atoms with Gasteiger partial charge in [-0.25, -0.2) is 0 Å². The van der Waals surface area contributed by atoms with E-state index in [4.69, 9.17) is 13.9 Å². The van der Waals surface area contributed by atoms with Crippen molar-refractivity contribution in [3.05, 3.63) is 48.4 Å². The fourth-order valence-electron chi connectivity index (χ4n) is 2.46. The van der Waals surface area contributed by atoms with Crippen LogP contribution in [0.3, 0.4) is 0 Å². The monoisotopic (exact) mass is 301 g/mol. The normalized spacial score (nSPS) is 16.6. The van der Waals surface area contributed by atoms with Crippen molar-refractivity contribution in [3.8, 4) is 5.75 Å². The van der Waals surface area contributed by atoms with Crippen LogP contribution < -0.4 is 9.64 Å². The first kappa shape index (κ1) is 14.2. The van der Waals surface area contributed by atoms with E-state index in [0.717, 1.165) is 0 Å². The highest BCUT2D eigenvalue weighted by molar-refractivity contribution is 6.06. The first-order valence-electron chi connectivity index (χ1n) is 6.86. The summed E-state index contributed by atoms with van der Waals surface area (Å²) in [5.41, 5.74) is 0.615. The first-order valence-corrected chi connectivity index (χ1v) is 6.86. The highest BCUT2D eigenvalue weighted by atomic mass is 16.5. The number of esters is 1. The summed E-state index contributed by atoms with van der Waals surface area (Å²) in [7, 11) is 1.32. The number of nitrogens with zero attached hydrogens (tertiary/aromatic N) is 1. The van der Waals surface area contributed by atoms with Gasteiger partial charge in [0.15, 0.2) is 5.76 Å². The van der Waals surface area contributed by atoms with Crippen LogP contribution in [-0.4, -0.2) is 31.6 Å². The van der Waals surface area contributed by atoms with Gasteiger partial charge in [-0.2, -0.15) is 0 Å². The number of carbonyl (C=O) groups excluding carboxylic acids is 2. The molecular formula is C16H15NO5. The van der Waals surface area contributed by atoms with Crippen molar-refractivity contribution in [2.45, 2.75) is 12.5 Å². The van der Waals surface area contributed by atoms with Crippen LogP contribution in [0.15, 0.2) is 47.1 Å². The van der Waals surface area contributed by atoms with Gasteiger partial charge in [0.05, 0.1) is 31.5 Å². The van der Waals surface area contributed by atoms with Gasteiger partial charge in [0.1, 0.15) is 12.4 Å². The van der Waals surface area contributed by atoms with Crippen molar-refractivity contribution in [1.82, 2.24) is 0 Å². The van der Waals surface area contributed by atoms with Crippen molar-refractivity contribution in [2.75, 3.05) is 18.6 Å². The second-order valence-corrected chi connectivity index (χ2v) is 4.87. The highest BCUT2D eigenvalue weighted by Gasteiger charge is 2.35. The molecule has 1 aromatic carbocycles. The Balaban J connectivity index is 1.98. The minimum absolute atomic E-state index is 0.0529. The molecule has 22 heavy (non-hydrogen) atoms. The van der Waals surface area contributed by atoms with Gasteiger partial charge in [-0.1, -0.05) is 12.1 Å². The van der Waals surface area contributed by atoms with E-state index in [2.05, 4.69) is 0 Å². The molecule has 6 heteroatoms. The number of hydrogen-bond donors (Lipinski definition) is 0. The SMILES string of the molecule is COC(=O)C[C@@H]1COc2ccccc2N1C(=O)c1ccco1. The molecule has 114 valence electrons. The second-order valence-electron chi connectivity index (χ2n) is 4.87. The average molecular weight is 301 g/mol. The van der Waals surface area contributed by atoms with Crippen LogP contribution in [0, 0.1) is 0 Å². The molecule has 0 unspecified atom stereocenters. The molecule has 2 aromatic rings. The number of carbonyl (C=O) groups is 2. The van der Waals surface area contributed by atoms with Gasteiger partial charge in [0.2, 0.25) is 0 Å². The zero-order valence-electron chi connectivity index (χ0n) is 12.0. The Hall–Kier alpha value is -2.76. The predicted octanol–water partition coefficient (Wildman–Crippen LogP) is 2.25. The van der Waals surface area contributed by atoms with Crippen molar-refractivity contribution < 1.29 is 23.5 Å². The summed E-state index contributed by atoms with van der Waals surface area (Å²) in [6.07, 6.45) is 1.49. The van der Waals surface area contributed by atoms with Gasteiger partial charge in [-0.05, 0) is 24.3 Å². The van der Waals surface area contributed by atoms with Crippen molar-refractivity contribution in [2.24, 2.45) is 0 Å². The molecule has 0 fully saturated rings. The lowest BCUT2D eigenvalue weighted by molar-refractivity contribution is -0.141. The number of furan rings is 1. The zero-order chi connectivity index (χ0) is 15.5. The van der Waals surface area contributed by atoms with Gasteiger partial charge in [0.25, 0.3) is 5.91 Å². The van der Waals surface area contributed by atoms with Gasteiger partial charge in [0, 0.05) is 0 Å². The summed E-state index contributed by atoms with van der Waals surface area (Å²) >= 11 is 0. The maximum atomic E-state index is 12.7. The number of rotatable bonds is 3. The maximum Gasteiger partial charge on any atom is 0.307 e. The lowest BCUT2D eigenvalue weighted by Gasteiger charge is -2.35. The quantitative estimate of drug-likeness (QED) is 0.813. The number of fused-ring (bicyclic) bond motifs is 1. The third-order valence-electron chi connectivity index (χ3n) is 3.50. The number of ether oxygens (including phenoxy) is 2. The van der Waals surface area contributed by atoms with Crippen LogP contribution in [-0.2, 0) is 9.53 Å². The number of para-hydroxylation sites is 2. The van der Waals surface area contributed by atoms with Crippen LogP contribution in [0.2, 0.25) is 0 Å². The smallest absolute Gasteiger partial charge is 0.307 e. The maximum absolute atomic E-state index is 12.7. The van der Waals surface area contributed by atoms with E-state index >= 15 is 0 Å². The number of methoxy groups -OCH3 is 1. The highest BCUT2D eigenvalue weighted by Crippen LogP contribution is 2.35. The van der Waals surface area contributed by atoms with Crippen molar-refractivity contribution in [3.63, 3.8) is 0 Å². The molecule has 1 aromatic heterocycles. The molecule has 0 saturated heterocycles. The van der Waals surface area contributed by atoms with Crippen molar-refractivity contribution in [1.29, 1.82) is 0 Å². The Morgan fingerprint density at radius 1 is 1.27 bits per heavy atom. The van der Waals surface area contributed by atoms with Crippen LogP contribution in [0.1, 0.15) is 17.0 Å². The lowest BCUT2D eigenvalue weighted by atomic mass is 10.1. The number of anilines is 1. The van der Waals surface area contributed by atoms with Crippen LogP contribution in [0.4, 0.5) is 5.69 Å². The van der Waals surface area contributed by atoms with Gasteiger partial charge in [-0.15, -0.1) is 0 Å². The standard InChI is InChI=1S/C16H15NO5/c1-20-15(18)9-11-10-22-13-6-3-2-5-12(13)17(11)16(19)14-7-4-8-21-14/h2-8,11H,9-10H2,1H3/t11-/m1/s1. The largest absolute Gasteiger partial charge is 0.489 e. The molecule has 0 aliphatic carbocycles. The Morgan fingerprint density at radius 2 is 2.09 bits per heavy atom. The molecule has 0 bridgehead atoms. The summed E-state index contributed by atoms with van der Waals surface area (Å²) in [4.78, 5) is 25.9. The summed E-state index contributed by atoms with van der Waals surface area (Å²) in [5, 5.41) is 0. The Bertz CT molecular complexity index is 680. The van der Waals surface area contributed by atoms with E-state index in [1.54, 1.807) is 24.3 Å². The molecule has 6 nitrogen and oxygen atoms in total. The van der Waals surface area contributed by atoms with E-state index in [0.29, 0.717) is 11.4 Å². The van der Waals surface area contributed by atoms with E-state index in [1.807, 2.05) is 12.1 Å². The Kier molecular flexibility index (Phi) is 3.82. The predicted molar refractivity (Wildman–Crippen MR) is 77.9 cm³/mol. The molecule has 1 amide bonds. The van der Waals surface area contributed by atoms with Gasteiger partial charge < -0.3 is 13.9 Å². The van der Waals surface area contributed by atoms with Crippen LogP contribution in [0.5, 0.6) is 5.75 Å². The third-order valence-corrected chi connectivity index (χ3v) is 3.50. The summed E-state index contributed by atoms with van der Waals surface area (Å²) < 4.78 is 15.5. The topological polar surface area (TPSA) is 69.0 Å². The summed E-state index contributed by atoms with van der Waals surface area (Å²) in [5.74, 6) is 0.106. The minimum atomic E-state index is -0.444. The fraction of sp³-hybridized carbons (Fsp3) is 0.250. The van der Waals surface area contributed by atoms with Gasteiger partial charge in [-0.3, -0.25) is 14.5 Å². The molecule has 3 rings (SSSR count). The number of hydrogen-bond acceptors (Lipinski definition) is 5. The minimum Gasteiger partial charge on any atom is -0.489 e. The molecule has 1 atom stereocenters. The molecule has 1 aliphatic rings. The molecule has 0 N–H and O–H groups in total. The summed E-state index contributed by atoms with van der Waals surface area (Å²) in [6.45, 7) is 0.221. The number of amides is 1. The molecule has 0 spiro atoms. The van der Waals surface area contributed by atoms with E-state index in [1.165, 1.54) is 18.3 Å². The van der Waals surface area contributed by atoms with E-state index in [-0.39, 0.29) is 24.7 Å². The van der Waals surface area contributed by atoms with Crippen molar-refractivity contribution >= 4 is 17.6 Å². The fourth-order valence-corrected chi connectivity index (χ4v) is 2.46. The van der Waals surface area contributed by atoms with Crippen LogP contribution >= 0.6 is 0 Å². The third kappa shape index (κ3) is 2.55. The van der Waals surface area contributed by atoms with Gasteiger partial charge >= 0.3 is 5.97 Å². The summed E-state index contributed by atoms with van der Waals surface area (Å²) in [6, 6.07) is 10.00. The average Bonchev–Trinajstić information content (AvgIpc) is 3.08. The zero-order valence-corrected chi connectivity index (χ0v) is 12.0. The molecule has 0 saturated carbocycles. The molecule has 2 heterocycles. The first-order chi connectivity index (χ1) is 10.7. The molecule has 0 radical (unpaired) electrons. The van der Waals surface area contributed by atoms with E-state index in [9.17, 15) is 9.59 Å². The molecular weight excluding hydrogens is 286 g/mol.